The maximum absolute atomic E-state index is 12.8. The number of anilines is 3. The van der Waals surface area contributed by atoms with E-state index < -0.39 is 0 Å². The summed E-state index contributed by atoms with van der Waals surface area (Å²) in [7, 11) is 1.87. The van der Waals surface area contributed by atoms with Crippen molar-refractivity contribution in [3.63, 3.8) is 0 Å². The predicted molar refractivity (Wildman–Crippen MR) is 126 cm³/mol. The van der Waals surface area contributed by atoms with Crippen LogP contribution in [0, 0.1) is 5.92 Å². The number of nitrogens with one attached hydrogen (secondary N) is 2. The molecule has 0 radical (unpaired) electrons. The van der Waals surface area contributed by atoms with Gasteiger partial charge in [0.05, 0.1) is 17.9 Å². The highest BCUT2D eigenvalue weighted by atomic mass is 16.2. The Hall–Kier alpha value is -3.20. The highest BCUT2D eigenvalue weighted by Gasteiger charge is 2.32. The Bertz CT molecular complexity index is 1120. The molecule has 3 aromatic heterocycles. The van der Waals surface area contributed by atoms with Gasteiger partial charge >= 0.3 is 0 Å². The van der Waals surface area contributed by atoms with Crippen LogP contribution in [0.2, 0.25) is 0 Å². The number of carbonyl (C=O) groups excluding carboxylic acids is 1. The highest BCUT2D eigenvalue weighted by Crippen LogP contribution is 2.32. The summed E-state index contributed by atoms with van der Waals surface area (Å²) in [5.74, 6) is 1.73. The van der Waals surface area contributed by atoms with Crippen LogP contribution in [0.1, 0.15) is 36.8 Å². The fourth-order valence-electron chi connectivity index (χ4n) is 4.69. The molecule has 32 heavy (non-hydrogen) atoms. The minimum atomic E-state index is 0.0303. The molecule has 1 unspecified atom stereocenters. The first-order valence-corrected chi connectivity index (χ1v) is 11.3. The van der Waals surface area contributed by atoms with Gasteiger partial charge in [0.15, 0.2) is 0 Å². The molecule has 3 aromatic rings. The molecule has 2 aliphatic rings. The van der Waals surface area contributed by atoms with Crippen molar-refractivity contribution in [1.82, 2.24) is 29.7 Å². The number of likely N-dealkylation sites (N-methyl/N-ethyl adjacent to an activating group) is 1. The first-order chi connectivity index (χ1) is 15.5. The number of carbonyl (C=O) groups is 1. The smallest absolute Gasteiger partial charge is 0.270 e. The summed E-state index contributed by atoms with van der Waals surface area (Å²) < 4.78 is 2.10. The zero-order valence-electron chi connectivity index (χ0n) is 18.9. The van der Waals surface area contributed by atoms with E-state index in [2.05, 4.69) is 50.0 Å². The van der Waals surface area contributed by atoms with E-state index in [9.17, 15) is 4.79 Å². The lowest BCUT2D eigenvalue weighted by atomic mass is 10.0. The molecule has 0 aliphatic carbocycles. The molecule has 2 aliphatic heterocycles. The molecule has 9 nitrogen and oxygen atoms in total. The second kappa shape index (κ2) is 8.38. The summed E-state index contributed by atoms with van der Waals surface area (Å²) in [5, 5.41) is 7.47. The van der Waals surface area contributed by atoms with E-state index in [1.807, 2.05) is 25.4 Å². The maximum Gasteiger partial charge on any atom is 0.270 e. The van der Waals surface area contributed by atoms with Gasteiger partial charge < -0.3 is 25.0 Å². The van der Waals surface area contributed by atoms with Crippen molar-refractivity contribution in [1.29, 1.82) is 0 Å². The van der Waals surface area contributed by atoms with Crippen molar-refractivity contribution in [2.45, 2.75) is 26.3 Å². The van der Waals surface area contributed by atoms with Crippen LogP contribution < -0.4 is 15.5 Å². The zero-order chi connectivity index (χ0) is 22.2. The topological polar surface area (TPSA) is 91.2 Å². The molecule has 0 aromatic carbocycles. The van der Waals surface area contributed by atoms with Crippen molar-refractivity contribution < 1.29 is 4.79 Å². The van der Waals surface area contributed by atoms with Crippen LogP contribution in [0.3, 0.4) is 0 Å². The van der Waals surface area contributed by atoms with Gasteiger partial charge in [0.1, 0.15) is 17.2 Å². The highest BCUT2D eigenvalue weighted by molar-refractivity contribution is 5.98. The molecule has 0 saturated carbocycles. The van der Waals surface area contributed by atoms with Crippen LogP contribution in [0.25, 0.3) is 11.0 Å². The van der Waals surface area contributed by atoms with Crippen molar-refractivity contribution in [2.75, 3.05) is 50.0 Å². The number of fused-ring (bicyclic) bond motifs is 3. The molecule has 0 bridgehead atoms. The zero-order valence-corrected chi connectivity index (χ0v) is 18.9. The molecule has 1 saturated heterocycles. The minimum absolute atomic E-state index is 0.0303. The third-order valence-electron chi connectivity index (χ3n) is 6.20. The lowest BCUT2D eigenvalue weighted by Gasteiger charge is -2.33. The van der Waals surface area contributed by atoms with E-state index in [0.717, 1.165) is 49.3 Å². The van der Waals surface area contributed by atoms with Gasteiger partial charge in [0.2, 0.25) is 5.95 Å². The quantitative estimate of drug-likeness (QED) is 0.638. The summed E-state index contributed by atoms with van der Waals surface area (Å²) in [5.41, 5.74) is 2.60. The van der Waals surface area contributed by atoms with Crippen LogP contribution in [0.5, 0.6) is 0 Å². The average Bonchev–Trinajstić information content (AvgIpc) is 3.17. The Morgan fingerprint density at radius 3 is 2.72 bits per heavy atom. The molecule has 1 atom stereocenters. The first kappa shape index (κ1) is 20.7. The number of nitrogens with zero attached hydrogens (tertiary/aromatic N) is 6. The summed E-state index contributed by atoms with van der Waals surface area (Å²) >= 11 is 0. The Kier molecular flexibility index (Phi) is 5.42. The van der Waals surface area contributed by atoms with Gasteiger partial charge in [-0.15, -0.1) is 0 Å². The van der Waals surface area contributed by atoms with Crippen molar-refractivity contribution in [2.24, 2.45) is 5.92 Å². The maximum atomic E-state index is 12.8. The van der Waals surface area contributed by atoms with E-state index in [0.29, 0.717) is 29.9 Å². The number of rotatable bonds is 5. The lowest BCUT2D eigenvalue weighted by Crippen LogP contribution is -2.43. The number of hydrogen-bond acceptors (Lipinski definition) is 7. The van der Waals surface area contributed by atoms with Gasteiger partial charge in [-0.25, -0.2) is 9.97 Å². The molecule has 5 heterocycles. The molecular formula is C23H30N8O. The molecule has 168 valence electrons. The van der Waals surface area contributed by atoms with E-state index >= 15 is 0 Å². The Balaban J connectivity index is 1.43. The summed E-state index contributed by atoms with van der Waals surface area (Å²) in [6, 6.07) is 6.14. The van der Waals surface area contributed by atoms with Crippen molar-refractivity contribution in [3.05, 3.63) is 36.3 Å². The normalized spacial score (nSPS) is 19.0. The van der Waals surface area contributed by atoms with Gasteiger partial charge in [0, 0.05) is 51.4 Å². The number of hydrogen-bond donors (Lipinski definition) is 2. The van der Waals surface area contributed by atoms with Gasteiger partial charge in [-0.1, -0.05) is 13.8 Å². The summed E-state index contributed by atoms with van der Waals surface area (Å²) in [4.78, 5) is 30.7. The number of piperazine rings is 1. The van der Waals surface area contributed by atoms with Gasteiger partial charge in [-0.05, 0) is 30.5 Å². The van der Waals surface area contributed by atoms with E-state index in [1.54, 1.807) is 11.1 Å². The third-order valence-corrected chi connectivity index (χ3v) is 6.20. The minimum Gasteiger partial charge on any atom is -0.368 e. The standard InChI is InChI=1S/C23H30N8O/c1-15(2)10-18-14-29(3)22(32)19-11-16-12-26-23(28-21(16)31(18)19)27-20-5-4-17(13-25-20)30-8-6-24-7-9-30/h4-5,11-13,15,18,24H,6-10,14H2,1-3H3,(H,25,26,27,28). The fraction of sp³-hybridized carbons (Fsp3) is 0.478. The van der Waals surface area contributed by atoms with Crippen molar-refractivity contribution >= 4 is 34.4 Å². The van der Waals surface area contributed by atoms with Crippen LogP contribution >= 0.6 is 0 Å². The monoisotopic (exact) mass is 434 g/mol. The molecule has 2 N–H and O–H groups in total. The van der Waals surface area contributed by atoms with Gasteiger partial charge in [0.25, 0.3) is 5.91 Å². The number of amides is 1. The Morgan fingerprint density at radius 2 is 2.00 bits per heavy atom. The fourth-order valence-corrected chi connectivity index (χ4v) is 4.69. The third kappa shape index (κ3) is 3.88. The SMILES string of the molecule is CC(C)CC1CN(C)C(=O)c2cc3cnc(Nc4ccc(N5CCNCC5)cn4)nc3n21. The lowest BCUT2D eigenvalue weighted by molar-refractivity contribution is 0.0710. The largest absolute Gasteiger partial charge is 0.368 e. The summed E-state index contributed by atoms with van der Waals surface area (Å²) in [6.45, 7) is 9.06. The van der Waals surface area contributed by atoms with Gasteiger partial charge in [-0.3, -0.25) is 4.79 Å². The van der Waals surface area contributed by atoms with E-state index in [-0.39, 0.29) is 11.9 Å². The Labute approximate surface area is 187 Å². The molecule has 5 rings (SSSR count). The first-order valence-electron chi connectivity index (χ1n) is 11.3. The van der Waals surface area contributed by atoms with Crippen LogP contribution in [-0.4, -0.2) is 70.1 Å². The second-order valence-corrected chi connectivity index (χ2v) is 9.10. The van der Waals surface area contributed by atoms with E-state index in [1.165, 1.54) is 0 Å². The van der Waals surface area contributed by atoms with Crippen LogP contribution in [0.15, 0.2) is 30.6 Å². The van der Waals surface area contributed by atoms with Gasteiger partial charge in [-0.2, -0.15) is 4.98 Å². The predicted octanol–water partition coefficient (Wildman–Crippen LogP) is 2.65. The molecule has 0 spiro atoms. The molecular weight excluding hydrogens is 404 g/mol. The number of pyridine rings is 1. The average molecular weight is 435 g/mol. The van der Waals surface area contributed by atoms with Crippen LogP contribution in [0.4, 0.5) is 17.5 Å². The van der Waals surface area contributed by atoms with Crippen LogP contribution in [-0.2, 0) is 0 Å². The molecule has 1 fully saturated rings. The molecule has 1 amide bonds. The van der Waals surface area contributed by atoms with E-state index in [4.69, 9.17) is 4.98 Å². The second-order valence-electron chi connectivity index (χ2n) is 9.10. The van der Waals surface area contributed by atoms with Crippen molar-refractivity contribution in [3.8, 4) is 0 Å². The summed E-state index contributed by atoms with van der Waals surface area (Å²) in [6.07, 6.45) is 4.65. The molecule has 9 heteroatoms. The Morgan fingerprint density at radius 1 is 1.19 bits per heavy atom. The number of aromatic nitrogens is 4.